The summed E-state index contributed by atoms with van der Waals surface area (Å²) < 4.78 is 20.2. The van der Waals surface area contributed by atoms with E-state index in [4.69, 9.17) is 4.74 Å². The number of fused-ring (bicyclic) bond motifs is 1. The van der Waals surface area contributed by atoms with Crippen LogP contribution in [0.4, 0.5) is 9.39 Å². The summed E-state index contributed by atoms with van der Waals surface area (Å²) in [5.74, 6) is -1.51. The normalized spacial score (nSPS) is 11.1. The highest BCUT2D eigenvalue weighted by Crippen LogP contribution is 2.41. The molecule has 4 rings (SSSR count). The molecule has 0 aliphatic rings. The van der Waals surface area contributed by atoms with Gasteiger partial charge in [-0.25, -0.2) is 14.2 Å². The van der Waals surface area contributed by atoms with Gasteiger partial charge in [-0.2, -0.15) is 0 Å². The highest BCUT2D eigenvalue weighted by Gasteiger charge is 2.27. The van der Waals surface area contributed by atoms with Crippen LogP contribution in [0.25, 0.3) is 16.8 Å². The zero-order chi connectivity index (χ0) is 23.2. The number of hydrogen-bond donors (Lipinski definition) is 1. The molecule has 1 N–H and O–H groups in total. The Morgan fingerprint density at radius 1 is 1.09 bits per heavy atom. The first kappa shape index (κ1) is 21.7. The second-order valence-corrected chi connectivity index (χ2v) is 8.83. The Morgan fingerprint density at radius 3 is 2.53 bits per heavy atom. The minimum Gasteiger partial charge on any atom is -0.465 e. The maximum atomic E-state index is 13.8. The maximum Gasteiger partial charge on any atom is 0.341 e. The van der Waals surface area contributed by atoms with E-state index >= 15 is 0 Å². The topological polar surface area (TPSA) is 72.7 Å². The number of aryl methyl sites for hydroxylation is 4. The summed E-state index contributed by atoms with van der Waals surface area (Å²) in [4.78, 5) is 31.1. The molecule has 0 saturated carbocycles. The molecule has 0 saturated heterocycles. The van der Waals surface area contributed by atoms with Crippen LogP contribution in [0.3, 0.4) is 0 Å². The van der Waals surface area contributed by atoms with Crippen molar-refractivity contribution in [3.8, 4) is 11.1 Å². The minimum absolute atomic E-state index is 0.203. The molecule has 0 spiro atoms. The van der Waals surface area contributed by atoms with Crippen molar-refractivity contribution in [1.29, 1.82) is 0 Å². The van der Waals surface area contributed by atoms with Gasteiger partial charge in [-0.15, -0.1) is 11.3 Å². The number of esters is 1. The molecule has 0 radical (unpaired) electrons. The Bertz CT molecular complexity index is 1390. The molecule has 3 aromatic heterocycles. The van der Waals surface area contributed by atoms with Gasteiger partial charge in [0.1, 0.15) is 27.7 Å². The fourth-order valence-corrected chi connectivity index (χ4v) is 4.81. The Morgan fingerprint density at radius 2 is 1.84 bits per heavy atom. The molecule has 32 heavy (non-hydrogen) atoms. The molecule has 3 heterocycles. The fraction of sp³-hybridized carbons (Fsp3) is 0.208. The summed E-state index contributed by atoms with van der Waals surface area (Å²) >= 11 is 1.29. The van der Waals surface area contributed by atoms with Crippen LogP contribution >= 0.6 is 11.3 Å². The summed E-state index contributed by atoms with van der Waals surface area (Å²) in [6.07, 6.45) is 1.21. The van der Waals surface area contributed by atoms with Gasteiger partial charge in [0.15, 0.2) is 0 Å². The SMILES string of the molecule is COC(=O)c1c(NC(=O)c2c(C)nc3ccc(F)cn23)sc(C)c1-c1ccc(C)c(C)c1. The Hall–Kier alpha value is -3.52. The van der Waals surface area contributed by atoms with Gasteiger partial charge in [0.25, 0.3) is 5.91 Å². The number of amides is 1. The van der Waals surface area contributed by atoms with Crippen molar-refractivity contribution < 1.29 is 18.7 Å². The van der Waals surface area contributed by atoms with Gasteiger partial charge in [-0.05, 0) is 56.5 Å². The van der Waals surface area contributed by atoms with E-state index in [2.05, 4.69) is 10.3 Å². The molecule has 1 aromatic carbocycles. The zero-order valence-electron chi connectivity index (χ0n) is 18.4. The predicted molar refractivity (Wildman–Crippen MR) is 123 cm³/mol. The summed E-state index contributed by atoms with van der Waals surface area (Å²) in [7, 11) is 1.31. The van der Waals surface area contributed by atoms with Crippen LogP contribution in [0.1, 0.15) is 42.5 Å². The number of aromatic nitrogens is 2. The monoisotopic (exact) mass is 451 g/mol. The lowest BCUT2D eigenvalue weighted by Gasteiger charge is -2.10. The lowest BCUT2D eigenvalue weighted by atomic mass is 9.97. The van der Waals surface area contributed by atoms with Gasteiger partial charge < -0.3 is 10.1 Å². The number of imidazole rings is 1. The van der Waals surface area contributed by atoms with E-state index < -0.39 is 17.7 Å². The van der Waals surface area contributed by atoms with Crippen molar-refractivity contribution in [2.24, 2.45) is 0 Å². The average Bonchev–Trinajstić information content (AvgIpc) is 3.24. The van der Waals surface area contributed by atoms with Crippen molar-refractivity contribution in [2.45, 2.75) is 27.7 Å². The van der Waals surface area contributed by atoms with E-state index in [1.54, 1.807) is 6.92 Å². The number of thiophene rings is 1. The highest BCUT2D eigenvalue weighted by atomic mass is 32.1. The summed E-state index contributed by atoms with van der Waals surface area (Å²) in [5.41, 5.74) is 5.24. The van der Waals surface area contributed by atoms with E-state index in [1.165, 1.54) is 41.2 Å². The quantitative estimate of drug-likeness (QED) is 0.417. The number of benzene rings is 1. The Labute approximate surface area is 188 Å². The minimum atomic E-state index is -0.543. The van der Waals surface area contributed by atoms with Crippen LogP contribution in [0.5, 0.6) is 0 Å². The zero-order valence-corrected chi connectivity index (χ0v) is 19.2. The molecule has 0 fully saturated rings. The lowest BCUT2D eigenvalue weighted by Crippen LogP contribution is -2.17. The molecular weight excluding hydrogens is 429 g/mol. The number of hydrogen-bond acceptors (Lipinski definition) is 5. The van der Waals surface area contributed by atoms with Crippen molar-refractivity contribution in [3.63, 3.8) is 0 Å². The molecule has 0 aliphatic carbocycles. The third kappa shape index (κ3) is 3.67. The molecule has 8 heteroatoms. The van der Waals surface area contributed by atoms with Crippen LogP contribution < -0.4 is 5.32 Å². The molecule has 6 nitrogen and oxygen atoms in total. The number of rotatable bonds is 4. The van der Waals surface area contributed by atoms with Crippen LogP contribution in [-0.2, 0) is 4.74 Å². The van der Waals surface area contributed by atoms with Crippen LogP contribution in [0, 0.1) is 33.5 Å². The second-order valence-electron chi connectivity index (χ2n) is 7.60. The molecular formula is C24H22FN3O3S. The molecule has 0 aliphatic heterocycles. The van der Waals surface area contributed by atoms with Crippen LogP contribution in [0.15, 0.2) is 36.5 Å². The third-order valence-electron chi connectivity index (χ3n) is 5.47. The highest BCUT2D eigenvalue weighted by molar-refractivity contribution is 7.17. The first-order valence-corrected chi connectivity index (χ1v) is 10.8. The van der Waals surface area contributed by atoms with E-state index in [0.717, 1.165) is 27.1 Å². The van der Waals surface area contributed by atoms with Crippen LogP contribution in [0.2, 0.25) is 0 Å². The molecule has 1 amide bonds. The van der Waals surface area contributed by atoms with Crippen LogP contribution in [-0.4, -0.2) is 28.4 Å². The van der Waals surface area contributed by atoms with Gasteiger partial charge in [0.2, 0.25) is 0 Å². The van der Waals surface area contributed by atoms with Gasteiger partial charge in [-0.3, -0.25) is 9.20 Å². The second kappa shape index (κ2) is 8.20. The lowest BCUT2D eigenvalue weighted by molar-refractivity contribution is 0.0603. The summed E-state index contributed by atoms with van der Waals surface area (Å²) in [5, 5.41) is 3.21. The average molecular weight is 452 g/mol. The van der Waals surface area contributed by atoms with Crippen molar-refractivity contribution in [3.05, 3.63) is 75.3 Å². The van der Waals surface area contributed by atoms with Crippen molar-refractivity contribution in [1.82, 2.24) is 9.38 Å². The molecule has 0 unspecified atom stereocenters. The van der Waals surface area contributed by atoms with E-state index in [1.807, 2.05) is 39.0 Å². The van der Waals surface area contributed by atoms with Gasteiger partial charge in [0.05, 0.1) is 12.8 Å². The molecule has 0 bridgehead atoms. The first-order chi connectivity index (χ1) is 15.2. The number of nitrogens with zero attached hydrogens (tertiary/aromatic N) is 2. The number of methoxy groups -OCH3 is 1. The van der Waals surface area contributed by atoms with Gasteiger partial charge in [0, 0.05) is 16.6 Å². The number of carbonyl (C=O) groups is 2. The molecule has 4 aromatic rings. The Balaban J connectivity index is 1.82. The predicted octanol–water partition coefficient (Wildman–Crippen LogP) is 5.47. The number of ether oxygens (including phenoxy) is 1. The Kier molecular flexibility index (Phi) is 5.56. The summed E-state index contributed by atoms with van der Waals surface area (Å²) in [6, 6.07) is 8.76. The number of anilines is 1. The van der Waals surface area contributed by atoms with E-state index in [0.29, 0.717) is 21.9 Å². The molecule has 164 valence electrons. The third-order valence-corrected chi connectivity index (χ3v) is 6.49. The summed E-state index contributed by atoms with van der Waals surface area (Å²) in [6.45, 7) is 7.61. The standard InChI is InChI=1S/C24H22FN3O3S/c1-12-6-7-16(10-13(12)2)19-15(4)32-23(20(19)24(30)31-5)27-22(29)21-14(3)26-18-9-8-17(25)11-28(18)21/h6-11H,1-5H3,(H,27,29). The van der Waals surface area contributed by atoms with Gasteiger partial charge in [-0.1, -0.05) is 18.2 Å². The molecule has 0 atom stereocenters. The number of halogens is 1. The maximum absolute atomic E-state index is 13.8. The first-order valence-electron chi connectivity index (χ1n) is 9.96. The smallest absolute Gasteiger partial charge is 0.341 e. The van der Waals surface area contributed by atoms with E-state index in [-0.39, 0.29) is 5.69 Å². The number of carbonyl (C=O) groups excluding carboxylic acids is 2. The number of nitrogens with one attached hydrogen (secondary N) is 1. The van der Waals surface area contributed by atoms with E-state index in [9.17, 15) is 14.0 Å². The van der Waals surface area contributed by atoms with Crippen molar-refractivity contribution in [2.75, 3.05) is 12.4 Å². The largest absolute Gasteiger partial charge is 0.465 e. The fourth-order valence-electron chi connectivity index (χ4n) is 3.75. The number of pyridine rings is 1. The van der Waals surface area contributed by atoms with Crippen molar-refractivity contribution >= 4 is 33.9 Å². The van der Waals surface area contributed by atoms with Gasteiger partial charge >= 0.3 is 5.97 Å².